The van der Waals surface area contributed by atoms with Gasteiger partial charge in [0.15, 0.2) is 5.78 Å². The van der Waals surface area contributed by atoms with Gasteiger partial charge < -0.3 is 14.7 Å². The van der Waals surface area contributed by atoms with Gasteiger partial charge in [0, 0.05) is 25.0 Å². The number of benzene rings is 1. The Bertz CT molecular complexity index is 982. The molecule has 9 nitrogen and oxygen atoms in total. The normalized spacial score (nSPS) is 11.7. The fraction of sp³-hybridized carbons (Fsp3) is 0.200. The standard InChI is InChI=1S/C15H16N5O4P/c1-10(21)15-13-5-11(19(2)12-6-16-8-17-7-12)3-4-14(13)20(18-15)9-25(22,23)24/h3-8H,9H2,1-2H3,(H2,22,23,24). The van der Waals surface area contributed by atoms with Crippen LogP contribution in [-0.2, 0) is 10.9 Å². The monoisotopic (exact) mass is 361 g/mol. The van der Waals surface area contributed by atoms with Crippen LogP contribution in [0.25, 0.3) is 10.9 Å². The van der Waals surface area contributed by atoms with E-state index in [4.69, 9.17) is 0 Å². The van der Waals surface area contributed by atoms with Crippen molar-refractivity contribution in [1.82, 2.24) is 19.7 Å². The predicted octanol–water partition coefficient (Wildman–Crippen LogP) is 1.93. The van der Waals surface area contributed by atoms with Gasteiger partial charge in [-0.05, 0) is 18.2 Å². The smallest absolute Gasteiger partial charge is 0.342 e. The van der Waals surface area contributed by atoms with Crippen LogP contribution < -0.4 is 4.90 Å². The summed E-state index contributed by atoms with van der Waals surface area (Å²) in [4.78, 5) is 40.1. The molecule has 0 unspecified atom stereocenters. The molecule has 130 valence electrons. The Hall–Kier alpha value is -2.61. The lowest BCUT2D eigenvalue weighted by molar-refractivity contribution is 0.101. The molecule has 0 aliphatic carbocycles. The molecule has 0 aliphatic heterocycles. The number of carbonyl (C=O) groups is 1. The van der Waals surface area contributed by atoms with E-state index in [1.807, 2.05) is 11.9 Å². The predicted molar refractivity (Wildman–Crippen MR) is 91.9 cm³/mol. The Morgan fingerprint density at radius 1 is 1.24 bits per heavy atom. The second kappa shape index (κ2) is 6.36. The van der Waals surface area contributed by atoms with Crippen molar-refractivity contribution < 1.29 is 19.1 Å². The molecule has 0 amide bonds. The van der Waals surface area contributed by atoms with Gasteiger partial charge in [-0.3, -0.25) is 14.0 Å². The van der Waals surface area contributed by atoms with E-state index in [1.54, 1.807) is 30.6 Å². The number of anilines is 2. The molecule has 2 N–H and O–H groups in total. The third kappa shape index (κ3) is 3.58. The summed E-state index contributed by atoms with van der Waals surface area (Å²) in [5, 5.41) is 4.61. The summed E-state index contributed by atoms with van der Waals surface area (Å²) in [5.74, 6) is -0.280. The molecule has 1 aromatic carbocycles. The molecular weight excluding hydrogens is 345 g/mol. The number of hydrogen-bond donors (Lipinski definition) is 2. The van der Waals surface area contributed by atoms with Gasteiger partial charge in [-0.1, -0.05) is 0 Å². The van der Waals surface area contributed by atoms with E-state index in [9.17, 15) is 19.1 Å². The summed E-state index contributed by atoms with van der Waals surface area (Å²) < 4.78 is 12.5. The molecule has 0 atom stereocenters. The van der Waals surface area contributed by atoms with Crippen LogP contribution >= 0.6 is 7.60 Å². The van der Waals surface area contributed by atoms with Gasteiger partial charge >= 0.3 is 7.60 Å². The first-order chi connectivity index (χ1) is 11.8. The average molecular weight is 361 g/mol. The lowest BCUT2D eigenvalue weighted by Crippen LogP contribution is -2.10. The third-order valence-corrected chi connectivity index (χ3v) is 4.34. The topological polar surface area (TPSA) is 121 Å². The van der Waals surface area contributed by atoms with Crippen LogP contribution in [0.4, 0.5) is 11.4 Å². The number of Topliss-reactive ketones (excluding diaryl/α,β-unsaturated/α-hetero) is 1. The van der Waals surface area contributed by atoms with Crippen molar-refractivity contribution in [3.05, 3.63) is 42.6 Å². The van der Waals surface area contributed by atoms with Gasteiger partial charge in [-0.15, -0.1) is 0 Å². The minimum absolute atomic E-state index is 0.169. The highest BCUT2D eigenvalue weighted by Gasteiger charge is 2.21. The van der Waals surface area contributed by atoms with Crippen LogP contribution in [0.3, 0.4) is 0 Å². The number of carbonyl (C=O) groups excluding carboxylic acids is 1. The largest absolute Gasteiger partial charge is 0.346 e. The van der Waals surface area contributed by atoms with Crippen molar-refractivity contribution in [3.8, 4) is 0 Å². The molecule has 25 heavy (non-hydrogen) atoms. The molecule has 3 aromatic rings. The second-order valence-corrected chi connectivity index (χ2v) is 7.18. The van der Waals surface area contributed by atoms with Crippen LogP contribution in [0.15, 0.2) is 36.9 Å². The Balaban J connectivity index is 2.12. The molecule has 0 saturated carbocycles. The zero-order valence-corrected chi connectivity index (χ0v) is 14.5. The Labute approximate surface area is 143 Å². The molecular formula is C15H16N5O4P. The van der Waals surface area contributed by atoms with E-state index in [0.717, 1.165) is 11.4 Å². The van der Waals surface area contributed by atoms with E-state index in [2.05, 4.69) is 15.1 Å². The molecule has 2 heterocycles. The SMILES string of the molecule is CC(=O)c1nn(CP(=O)(O)O)c2ccc(N(C)c3cncnc3)cc12. The first kappa shape index (κ1) is 17.2. The molecule has 0 saturated heterocycles. The maximum absolute atomic E-state index is 11.9. The number of aromatic nitrogens is 4. The van der Waals surface area contributed by atoms with E-state index in [-0.39, 0.29) is 11.5 Å². The van der Waals surface area contributed by atoms with Crippen LogP contribution in [-0.4, -0.2) is 42.4 Å². The second-order valence-electron chi connectivity index (χ2n) is 5.57. The first-order valence-electron chi connectivity index (χ1n) is 7.31. The first-order valence-corrected chi connectivity index (χ1v) is 9.11. The maximum atomic E-state index is 11.9. The third-order valence-electron chi connectivity index (χ3n) is 3.71. The number of ketones is 1. The molecule has 0 radical (unpaired) electrons. The molecule has 2 aromatic heterocycles. The number of nitrogens with zero attached hydrogens (tertiary/aromatic N) is 5. The van der Waals surface area contributed by atoms with E-state index in [0.29, 0.717) is 10.9 Å². The quantitative estimate of drug-likeness (QED) is 0.522. The highest BCUT2D eigenvalue weighted by Crippen LogP contribution is 2.38. The van der Waals surface area contributed by atoms with Gasteiger partial charge in [-0.25, -0.2) is 9.97 Å². The molecule has 0 aliphatic rings. The van der Waals surface area contributed by atoms with Crippen molar-refractivity contribution in [1.29, 1.82) is 0 Å². The van der Waals surface area contributed by atoms with Gasteiger partial charge in [0.1, 0.15) is 18.3 Å². The van der Waals surface area contributed by atoms with E-state index >= 15 is 0 Å². The van der Waals surface area contributed by atoms with Crippen molar-refractivity contribution in [2.45, 2.75) is 13.2 Å². The molecule has 10 heteroatoms. The summed E-state index contributed by atoms with van der Waals surface area (Å²) >= 11 is 0. The van der Waals surface area contributed by atoms with Crippen LogP contribution in [0.5, 0.6) is 0 Å². The maximum Gasteiger partial charge on any atom is 0.346 e. The van der Waals surface area contributed by atoms with Crippen LogP contribution in [0, 0.1) is 0 Å². The van der Waals surface area contributed by atoms with Crippen LogP contribution in [0.1, 0.15) is 17.4 Å². The Kier molecular flexibility index (Phi) is 4.38. The minimum Gasteiger partial charge on any atom is -0.342 e. The summed E-state index contributed by atoms with van der Waals surface area (Å²) in [6.07, 6.45) is 4.15. The van der Waals surface area contributed by atoms with E-state index in [1.165, 1.54) is 17.9 Å². The number of rotatable bonds is 5. The number of hydrogen-bond acceptors (Lipinski definition) is 6. The zero-order valence-electron chi connectivity index (χ0n) is 13.6. The van der Waals surface area contributed by atoms with Crippen molar-refractivity contribution in [3.63, 3.8) is 0 Å². The van der Waals surface area contributed by atoms with Crippen molar-refractivity contribution in [2.75, 3.05) is 11.9 Å². The fourth-order valence-electron chi connectivity index (χ4n) is 2.53. The molecule has 3 rings (SSSR count). The van der Waals surface area contributed by atoms with E-state index < -0.39 is 13.9 Å². The molecule has 0 fully saturated rings. The highest BCUT2D eigenvalue weighted by molar-refractivity contribution is 7.50. The summed E-state index contributed by atoms with van der Waals surface area (Å²) in [6, 6.07) is 5.21. The minimum atomic E-state index is -4.33. The lowest BCUT2D eigenvalue weighted by Gasteiger charge is -2.18. The number of fused-ring (bicyclic) bond motifs is 1. The zero-order chi connectivity index (χ0) is 18.2. The van der Waals surface area contributed by atoms with Gasteiger partial charge in [0.05, 0.1) is 23.6 Å². The summed E-state index contributed by atoms with van der Waals surface area (Å²) in [5.41, 5.74) is 2.17. The van der Waals surface area contributed by atoms with Crippen molar-refractivity contribution in [2.24, 2.45) is 0 Å². The molecule has 0 bridgehead atoms. The van der Waals surface area contributed by atoms with Gasteiger partial charge in [0.25, 0.3) is 0 Å². The van der Waals surface area contributed by atoms with Gasteiger partial charge in [-0.2, -0.15) is 5.10 Å². The fourth-order valence-corrected chi connectivity index (χ4v) is 3.10. The Morgan fingerprint density at radius 2 is 1.92 bits per heavy atom. The molecule has 0 spiro atoms. The van der Waals surface area contributed by atoms with Crippen LogP contribution in [0.2, 0.25) is 0 Å². The average Bonchev–Trinajstić information content (AvgIpc) is 2.91. The van der Waals surface area contributed by atoms with Gasteiger partial charge in [0.2, 0.25) is 0 Å². The summed E-state index contributed by atoms with van der Waals surface area (Å²) in [6.45, 7) is 1.37. The highest BCUT2D eigenvalue weighted by atomic mass is 31.2. The summed E-state index contributed by atoms with van der Waals surface area (Å²) in [7, 11) is -2.50. The van der Waals surface area contributed by atoms with Crippen molar-refractivity contribution >= 4 is 35.7 Å². The lowest BCUT2D eigenvalue weighted by atomic mass is 10.1. The Morgan fingerprint density at radius 3 is 2.52 bits per heavy atom.